The highest BCUT2D eigenvalue weighted by atomic mass is 16.5. The second-order valence-electron chi connectivity index (χ2n) is 5.88. The lowest BCUT2D eigenvalue weighted by molar-refractivity contribution is 0.305. The first kappa shape index (κ1) is 16.6. The van der Waals surface area contributed by atoms with Gasteiger partial charge in [0, 0.05) is 0 Å². The van der Waals surface area contributed by atoms with Crippen LogP contribution in [0, 0.1) is 0 Å². The summed E-state index contributed by atoms with van der Waals surface area (Å²) in [5.74, 6) is 0.986. The van der Waals surface area contributed by atoms with E-state index in [2.05, 4.69) is 55.5 Å². The summed E-state index contributed by atoms with van der Waals surface area (Å²) in [5.41, 5.74) is 1.25. The molecule has 0 aliphatic carbocycles. The zero-order valence-corrected chi connectivity index (χ0v) is 14.0. The van der Waals surface area contributed by atoms with E-state index in [1.807, 2.05) is 6.92 Å². The van der Waals surface area contributed by atoms with E-state index in [-0.39, 0.29) is 0 Å². The van der Waals surface area contributed by atoms with Gasteiger partial charge in [-0.05, 0) is 47.9 Å². The molecule has 2 rings (SSSR count). The van der Waals surface area contributed by atoms with E-state index in [9.17, 15) is 0 Å². The van der Waals surface area contributed by atoms with Crippen molar-refractivity contribution in [3.63, 3.8) is 0 Å². The molecular weight excluding hydrogens is 268 g/mol. The van der Waals surface area contributed by atoms with Crippen LogP contribution in [-0.2, 0) is 0 Å². The van der Waals surface area contributed by atoms with Gasteiger partial charge in [-0.3, -0.25) is 0 Å². The van der Waals surface area contributed by atoms with Crippen molar-refractivity contribution in [2.24, 2.45) is 0 Å². The molecule has 0 aliphatic heterocycles. The van der Waals surface area contributed by atoms with Gasteiger partial charge in [-0.25, -0.2) is 0 Å². The van der Waals surface area contributed by atoms with Crippen LogP contribution in [0.4, 0.5) is 0 Å². The number of hydrogen-bond donors (Lipinski definition) is 0. The Morgan fingerprint density at radius 1 is 0.864 bits per heavy atom. The molecule has 118 valence electrons. The molecule has 0 amide bonds. The molecular formula is C21H28O. The molecule has 0 radical (unpaired) electrons. The third-order valence-electron chi connectivity index (χ3n) is 3.96. The van der Waals surface area contributed by atoms with Gasteiger partial charge in [-0.15, -0.1) is 0 Å². The molecule has 0 atom stereocenters. The summed E-state index contributed by atoms with van der Waals surface area (Å²) in [6.07, 6.45) is 12.0. The maximum Gasteiger partial charge on any atom is 0.119 e. The maximum absolute atomic E-state index is 5.88. The molecule has 0 fully saturated rings. The number of unbranched alkanes of at least 4 members (excludes halogenated alkanes) is 5. The molecule has 0 aromatic heterocycles. The molecule has 0 bridgehead atoms. The molecule has 0 unspecified atom stereocenters. The lowest BCUT2D eigenvalue weighted by Crippen LogP contribution is -1.97. The van der Waals surface area contributed by atoms with Gasteiger partial charge in [0.25, 0.3) is 0 Å². The molecule has 0 saturated carbocycles. The van der Waals surface area contributed by atoms with Crippen LogP contribution in [0.1, 0.15) is 57.9 Å². The molecule has 0 aliphatic rings. The topological polar surface area (TPSA) is 9.23 Å². The number of hydrogen-bond acceptors (Lipinski definition) is 1. The van der Waals surface area contributed by atoms with Gasteiger partial charge in [-0.2, -0.15) is 0 Å². The van der Waals surface area contributed by atoms with Crippen LogP contribution in [0.3, 0.4) is 0 Å². The average molecular weight is 296 g/mol. The van der Waals surface area contributed by atoms with E-state index >= 15 is 0 Å². The fourth-order valence-corrected chi connectivity index (χ4v) is 2.70. The highest BCUT2D eigenvalue weighted by Crippen LogP contribution is 2.23. The molecule has 2 aromatic carbocycles. The van der Waals surface area contributed by atoms with Crippen LogP contribution >= 0.6 is 0 Å². The van der Waals surface area contributed by atoms with Crippen molar-refractivity contribution < 1.29 is 4.74 Å². The Kier molecular flexibility index (Phi) is 7.02. The first-order valence-electron chi connectivity index (χ1n) is 8.63. The lowest BCUT2D eigenvalue weighted by Gasteiger charge is -2.08. The number of fused-ring (bicyclic) bond motifs is 1. The highest BCUT2D eigenvalue weighted by Gasteiger charge is 1.99. The van der Waals surface area contributed by atoms with E-state index in [4.69, 9.17) is 4.74 Å². The van der Waals surface area contributed by atoms with Gasteiger partial charge in [0.15, 0.2) is 0 Å². The van der Waals surface area contributed by atoms with E-state index in [1.54, 1.807) is 0 Å². The largest absolute Gasteiger partial charge is 0.494 e. The molecule has 0 N–H and O–H groups in total. The van der Waals surface area contributed by atoms with Gasteiger partial charge < -0.3 is 4.74 Å². The van der Waals surface area contributed by atoms with Crippen molar-refractivity contribution >= 4 is 16.8 Å². The molecule has 2 aromatic rings. The molecule has 0 spiro atoms. The van der Waals surface area contributed by atoms with Crippen LogP contribution in [-0.4, -0.2) is 6.61 Å². The van der Waals surface area contributed by atoms with Gasteiger partial charge in [-0.1, -0.05) is 69.4 Å². The smallest absolute Gasteiger partial charge is 0.119 e. The third kappa shape index (κ3) is 5.22. The van der Waals surface area contributed by atoms with E-state index in [1.165, 1.54) is 48.4 Å². The van der Waals surface area contributed by atoms with Gasteiger partial charge >= 0.3 is 0 Å². The first-order chi connectivity index (χ1) is 10.8. The van der Waals surface area contributed by atoms with Crippen molar-refractivity contribution in [2.45, 2.75) is 52.4 Å². The predicted molar refractivity (Wildman–Crippen MR) is 97.5 cm³/mol. The first-order valence-corrected chi connectivity index (χ1v) is 8.63. The zero-order valence-electron chi connectivity index (χ0n) is 14.0. The summed E-state index contributed by atoms with van der Waals surface area (Å²) in [6.45, 7) is 5.13. The van der Waals surface area contributed by atoms with Crippen LogP contribution in [0.2, 0.25) is 0 Å². The molecule has 1 nitrogen and oxygen atoms in total. The number of benzene rings is 2. The standard InChI is InChI=1S/C21H28O/c1-3-5-6-7-8-9-15-22-21-14-13-19-16-18(10-4-2)11-12-20(19)17-21/h4,10-14,16-17H,3,5-9,15H2,1-2H3/b10-4+. The van der Waals surface area contributed by atoms with Crippen LogP contribution in [0.15, 0.2) is 42.5 Å². The Morgan fingerprint density at radius 3 is 2.41 bits per heavy atom. The summed E-state index contributed by atoms with van der Waals surface area (Å²) >= 11 is 0. The number of ether oxygens (including phenoxy) is 1. The van der Waals surface area contributed by atoms with Gasteiger partial charge in [0.05, 0.1) is 6.61 Å². The Hall–Kier alpha value is -1.76. The van der Waals surface area contributed by atoms with E-state index in [0.717, 1.165) is 18.8 Å². The fraction of sp³-hybridized carbons (Fsp3) is 0.429. The Balaban J connectivity index is 1.83. The summed E-state index contributed by atoms with van der Waals surface area (Å²) in [6, 6.07) is 12.9. The highest BCUT2D eigenvalue weighted by molar-refractivity contribution is 5.86. The minimum atomic E-state index is 0.828. The second kappa shape index (κ2) is 9.30. The maximum atomic E-state index is 5.88. The molecule has 1 heteroatoms. The summed E-state index contributed by atoms with van der Waals surface area (Å²) in [5, 5.41) is 2.51. The summed E-state index contributed by atoms with van der Waals surface area (Å²) in [4.78, 5) is 0. The zero-order chi connectivity index (χ0) is 15.6. The quantitative estimate of drug-likeness (QED) is 0.473. The van der Waals surface area contributed by atoms with Crippen molar-refractivity contribution in [1.29, 1.82) is 0 Å². The van der Waals surface area contributed by atoms with E-state index in [0.29, 0.717) is 0 Å². The Morgan fingerprint density at radius 2 is 1.59 bits per heavy atom. The molecule has 0 saturated heterocycles. The van der Waals surface area contributed by atoms with Crippen molar-refractivity contribution in [3.05, 3.63) is 48.0 Å². The Labute approximate surface area is 135 Å². The van der Waals surface area contributed by atoms with Gasteiger partial charge in [0.2, 0.25) is 0 Å². The normalized spacial score (nSPS) is 11.4. The Bertz CT molecular complexity index is 598. The summed E-state index contributed by atoms with van der Waals surface area (Å²) in [7, 11) is 0. The average Bonchev–Trinajstić information content (AvgIpc) is 2.54. The van der Waals surface area contributed by atoms with E-state index < -0.39 is 0 Å². The lowest BCUT2D eigenvalue weighted by atomic mass is 10.1. The predicted octanol–water partition coefficient (Wildman–Crippen LogP) is 6.61. The SMILES string of the molecule is C/C=C/c1ccc2cc(OCCCCCCCC)ccc2c1. The summed E-state index contributed by atoms with van der Waals surface area (Å²) < 4.78 is 5.88. The van der Waals surface area contributed by atoms with Crippen molar-refractivity contribution in [1.82, 2.24) is 0 Å². The number of allylic oxidation sites excluding steroid dienone is 1. The molecule has 0 heterocycles. The van der Waals surface area contributed by atoms with Crippen LogP contribution < -0.4 is 4.74 Å². The monoisotopic (exact) mass is 296 g/mol. The second-order valence-corrected chi connectivity index (χ2v) is 5.88. The fourth-order valence-electron chi connectivity index (χ4n) is 2.70. The minimum absolute atomic E-state index is 0.828. The van der Waals surface area contributed by atoms with Crippen LogP contribution in [0.5, 0.6) is 5.75 Å². The van der Waals surface area contributed by atoms with Crippen molar-refractivity contribution in [2.75, 3.05) is 6.61 Å². The number of rotatable bonds is 9. The van der Waals surface area contributed by atoms with Crippen LogP contribution in [0.25, 0.3) is 16.8 Å². The molecule has 22 heavy (non-hydrogen) atoms. The third-order valence-corrected chi connectivity index (χ3v) is 3.96. The van der Waals surface area contributed by atoms with Crippen molar-refractivity contribution in [3.8, 4) is 5.75 Å². The van der Waals surface area contributed by atoms with Gasteiger partial charge in [0.1, 0.15) is 5.75 Å². The minimum Gasteiger partial charge on any atom is -0.494 e.